The van der Waals surface area contributed by atoms with E-state index in [1.54, 1.807) is 5.57 Å². The van der Waals surface area contributed by atoms with Crippen molar-refractivity contribution in [2.24, 2.45) is 44.8 Å². The minimum atomic E-state index is -1.69. The van der Waals surface area contributed by atoms with Crippen LogP contribution in [0.2, 0.25) is 0 Å². The highest BCUT2D eigenvalue weighted by atomic mass is 16.7. The van der Waals surface area contributed by atoms with Gasteiger partial charge < -0.3 is 44.5 Å². The van der Waals surface area contributed by atoms with E-state index in [0.717, 1.165) is 38.5 Å². The Balaban J connectivity index is 1.09. The zero-order valence-electron chi connectivity index (χ0n) is 27.5. The van der Waals surface area contributed by atoms with Gasteiger partial charge in [0, 0.05) is 0 Å². The summed E-state index contributed by atoms with van der Waals surface area (Å²) in [5.74, 6) is -1.00. The molecule has 7 fully saturated rings. The predicted octanol–water partition coefficient (Wildman–Crippen LogP) is 3.04. The van der Waals surface area contributed by atoms with E-state index in [-0.39, 0.29) is 57.7 Å². The van der Waals surface area contributed by atoms with Gasteiger partial charge in [0.05, 0.1) is 24.4 Å². The van der Waals surface area contributed by atoms with Gasteiger partial charge in [-0.25, -0.2) is 0 Å². The van der Waals surface area contributed by atoms with Gasteiger partial charge in [-0.05, 0) is 104 Å². The Morgan fingerprint density at radius 1 is 0.932 bits per heavy atom. The lowest BCUT2D eigenvalue weighted by Gasteiger charge is -2.60. The van der Waals surface area contributed by atoms with Crippen LogP contribution in [-0.4, -0.2) is 92.5 Å². The van der Waals surface area contributed by atoms with Crippen LogP contribution in [0.1, 0.15) is 93.4 Å². The summed E-state index contributed by atoms with van der Waals surface area (Å²) in [4.78, 5) is 0. The van der Waals surface area contributed by atoms with E-state index in [2.05, 4.69) is 40.7 Å². The lowest BCUT2D eigenvalue weighted by atomic mass is 9.45. The molecule has 0 aromatic rings. The van der Waals surface area contributed by atoms with Crippen LogP contribution in [0.15, 0.2) is 11.6 Å². The van der Waals surface area contributed by atoms with E-state index in [0.29, 0.717) is 5.92 Å². The van der Waals surface area contributed by atoms with Crippen LogP contribution < -0.4 is 0 Å². The van der Waals surface area contributed by atoms with Crippen LogP contribution in [0.3, 0.4) is 0 Å². The molecule has 5 aliphatic carbocycles. The van der Waals surface area contributed by atoms with Crippen LogP contribution in [0, 0.1) is 44.8 Å². The first-order valence-corrected chi connectivity index (χ1v) is 17.2. The molecule has 0 bridgehead atoms. The molecule has 248 valence electrons. The molecule has 9 nitrogen and oxygen atoms in total. The van der Waals surface area contributed by atoms with E-state index in [1.165, 1.54) is 6.42 Å². The summed E-state index contributed by atoms with van der Waals surface area (Å²) < 4.78 is 25.1. The Bertz CT molecular complexity index is 1270. The molecule has 3 aliphatic heterocycles. The van der Waals surface area contributed by atoms with E-state index in [4.69, 9.17) is 18.9 Å². The zero-order valence-corrected chi connectivity index (χ0v) is 27.5. The normalized spacial score (nSPS) is 61.5. The monoisotopic (exact) mass is 618 g/mol. The van der Waals surface area contributed by atoms with Crippen LogP contribution in [0.25, 0.3) is 0 Å². The molecule has 9 heteroatoms. The third-order valence-electron chi connectivity index (χ3n) is 15.5. The maximum Gasteiger partial charge on any atom is 0.222 e. The molecule has 0 amide bonds. The SMILES string of the molecule is C[C@@H]1[C@H]2OC(C)(C)C(O)[C@@]2(O)OC2C[C@@]3(C)C4=CC[C@H]5C(C)(C)[C@@H](O[C@@H]6OC[C@@H](O)[C@H](O)[C@H]6O)CC[C@@]56C[C@@]46CC[C@]3(C)[C@H]21. The number of hydrogen-bond acceptors (Lipinski definition) is 9. The van der Waals surface area contributed by atoms with Gasteiger partial charge in [0.15, 0.2) is 6.29 Å². The van der Waals surface area contributed by atoms with Crippen molar-refractivity contribution in [2.75, 3.05) is 6.61 Å². The first kappa shape index (κ1) is 30.7. The van der Waals surface area contributed by atoms with Crippen molar-refractivity contribution in [3.63, 3.8) is 0 Å². The van der Waals surface area contributed by atoms with Gasteiger partial charge in [-0.15, -0.1) is 0 Å². The fraction of sp³-hybridized carbons (Fsp3) is 0.943. The summed E-state index contributed by atoms with van der Waals surface area (Å²) in [6.07, 6.45) is 3.19. The summed E-state index contributed by atoms with van der Waals surface area (Å²) in [6.45, 7) is 15.3. The zero-order chi connectivity index (χ0) is 31.6. The molecule has 2 unspecified atom stereocenters. The fourth-order valence-corrected chi connectivity index (χ4v) is 13.1. The fourth-order valence-electron chi connectivity index (χ4n) is 13.1. The highest BCUT2D eigenvalue weighted by Gasteiger charge is 2.82. The molecule has 4 saturated carbocycles. The topological polar surface area (TPSA) is 138 Å². The smallest absolute Gasteiger partial charge is 0.222 e. The quantitative estimate of drug-likeness (QED) is 0.296. The average Bonchev–Trinajstić information content (AvgIpc) is 3.49. The van der Waals surface area contributed by atoms with Crippen molar-refractivity contribution >= 4 is 0 Å². The maximum atomic E-state index is 11.7. The number of aliphatic hydroxyl groups excluding tert-OH is 4. The van der Waals surface area contributed by atoms with Gasteiger partial charge in [-0.3, -0.25) is 0 Å². The molecule has 0 aromatic heterocycles. The lowest BCUT2D eigenvalue weighted by molar-refractivity contribution is -0.327. The van der Waals surface area contributed by atoms with E-state index < -0.39 is 48.2 Å². The van der Waals surface area contributed by atoms with Crippen molar-refractivity contribution in [1.82, 2.24) is 0 Å². The average molecular weight is 619 g/mol. The van der Waals surface area contributed by atoms with Crippen molar-refractivity contribution < 1.29 is 44.5 Å². The van der Waals surface area contributed by atoms with Crippen LogP contribution in [0.4, 0.5) is 0 Å². The Morgan fingerprint density at radius 2 is 1.66 bits per heavy atom. The number of hydrogen-bond donors (Lipinski definition) is 5. The Hall–Kier alpha value is -0.620. The second kappa shape index (κ2) is 8.88. The third kappa shape index (κ3) is 3.38. The van der Waals surface area contributed by atoms with Crippen LogP contribution in [-0.2, 0) is 18.9 Å². The molecule has 3 heterocycles. The van der Waals surface area contributed by atoms with Gasteiger partial charge in [0.25, 0.3) is 0 Å². The summed E-state index contributed by atoms with van der Waals surface area (Å²) in [5, 5.41) is 53.6. The van der Waals surface area contributed by atoms with E-state index in [1.807, 2.05) is 13.8 Å². The van der Waals surface area contributed by atoms with Gasteiger partial charge in [0.1, 0.15) is 30.5 Å². The number of aliphatic hydroxyl groups is 5. The standard InChI is InChI=1S/C35H54O9/c1-17-23-19(43-35(40)26(17)44-30(4,5)28(35)39)14-32(7)21-9-8-20-29(2,3)22(42-27-25(38)24(37)18(36)15-41-27)10-11-33(20)16-34(21,33)13-12-31(23,32)6/h9,17-20,22-28,36-40H,8,10-16H2,1-7H3/t17-,18+,19?,20-,22-,23-,24-,25+,26+,27-,28?,31+,32-,33+,34-,35-/m0/s1. The largest absolute Gasteiger partial charge is 0.388 e. The third-order valence-corrected chi connectivity index (χ3v) is 15.5. The minimum absolute atomic E-state index is 0.0111. The van der Waals surface area contributed by atoms with Gasteiger partial charge in [-0.2, -0.15) is 0 Å². The summed E-state index contributed by atoms with van der Waals surface area (Å²) in [5.41, 5.74) is 0.859. The molecule has 8 rings (SSSR count). The number of rotatable bonds is 2. The van der Waals surface area contributed by atoms with Gasteiger partial charge in [0.2, 0.25) is 5.79 Å². The first-order chi connectivity index (χ1) is 20.4. The van der Waals surface area contributed by atoms with Gasteiger partial charge in [-0.1, -0.05) is 46.3 Å². The molecule has 0 radical (unpaired) electrons. The Morgan fingerprint density at radius 3 is 2.39 bits per heavy atom. The molecule has 5 N–H and O–H groups in total. The lowest BCUT2D eigenvalue weighted by Crippen LogP contribution is -2.62. The highest BCUT2D eigenvalue weighted by molar-refractivity contribution is 5.46. The van der Waals surface area contributed by atoms with Crippen molar-refractivity contribution in [1.29, 1.82) is 0 Å². The molecule has 8 aliphatic rings. The first-order valence-electron chi connectivity index (χ1n) is 17.2. The molecular formula is C35H54O9. The number of ether oxygens (including phenoxy) is 4. The van der Waals surface area contributed by atoms with Gasteiger partial charge >= 0.3 is 0 Å². The van der Waals surface area contributed by atoms with Crippen LogP contribution in [0.5, 0.6) is 0 Å². The van der Waals surface area contributed by atoms with E-state index >= 15 is 0 Å². The highest BCUT2D eigenvalue weighted by Crippen LogP contribution is 2.88. The molecule has 44 heavy (non-hydrogen) atoms. The molecule has 3 saturated heterocycles. The minimum Gasteiger partial charge on any atom is -0.388 e. The molecule has 2 spiro atoms. The molecule has 16 atom stereocenters. The van der Waals surface area contributed by atoms with Crippen molar-refractivity contribution in [3.8, 4) is 0 Å². The summed E-state index contributed by atoms with van der Waals surface area (Å²) >= 11 is 0. The number of fused-ring (bicyclic) bond motifs is 5. The summed E-state index contributed by atoms with van der Waals surface area (Å²) in [6, 6.07) is 0. The maximum absolute atomic E-state index is 11.7. The predicted molar refractivity (Wildman–Crippen MR) is 159 cm³/mol. The second-order valence-corrected chi connectivity index (χ2v) is 17.8. The van der Waals surface area contributed by atoms with Crippen molar-refractivity contribution in [3.05, 3.63) is 11.6 Å². The Labute approximate surface area is 261 Å². The molecule has 0 aromatic carbocycles. The van der Waals surface area contributed by atoms with Crippen LogP contribution >= 0.6 is 0 Å². The van der Waals surface area contributed by atoms with Crippen molar-refractivity contribution in [2.45, 2.75) is 154 Å². The number of allylic oxidation sites excluding steroid dienone is 2. The summed E-state index contributed by atoms with van der Waals surface area (Å²) in [7, 11) is 0. The second-order valence-electron chi connectivity index (χ2n) is 17.8. The van der Waals surface area contributed by atoms with E-state index in [9.17, 15) is 25.5 Å². The Kier molecular flexibility index (Phi) is 6.20. The molecular weight excluding hydrogens is 564 g/mol.